The number of rotatable bonds is 8. The first-order valence-electron chi connectivity index (χ1n) is 9.45. The number of likely N-dealkylation sites (N-methyl/N-ethyl adjacent to an activating group) is 1. The minimum Gasteiger partial charge on any atom is -0.353 e. The predicted molar refractivity (Wildman–Crippen MR) is 95.8 cm³/mol. The van der Waals surface area contributed by atoms with Crippen LogP contribution in [-0.4, -0.2) is 85.4 Å². The Morgan fingerprint density at radius 3 is 2.62 bits per heavy atom. The molecule has 6 heteroatoms. The van der Waals surface area contributed by atoms with E-state index in [1.54, 1.807) is 4.90 Å². The van der Waals surface area contributed by atoms with Crippen LogP contribution in [-0.2, 0) is 9.59 Å². The summed E-state index contributed by atoms with van der Waals surface area (Å²) in [6, 6.07) is -0.306. The minimum absolute atomic E-state index is 0.00583. The zero-order chi connectivity index (χ0) is 17.5. The second-order valence-corrected chi connectivity index (χ2v) is 7.59. The molecule has 24 heavy (non-hydrogen) atoms. The third-order valence-corrected chi connectivity index (χ3v) is 5.18. The molecule has 0 bridgehead atoms. The summed E-state index contributed by atoms with van der Waals surface area (Å²) in [5.41, 5.74) is 0. The highest BCUT2D eigenvalue weighted by Gasteiger charge is 2.32. The van der Waals surface area contributed by atoms with E-state index < -0.39 is 0 Å². The topological polar surface area (TPSA) is 55.9 Å². The summed E-state index contributed by atoms with van der Waals surface area (Å²) in [7, 11) is 1.86. The molecule has 2 amide bonds. The number of piperazine rings is 1. The summed E-state index contributed by atoms with van der Waals surface area (Å²) in [6.07, 6.45) is 3.89. The fourth-order valence-electron chi connectivity index (χ4n) is 3.42. The monoisotopic (exact) mass is 338 g/mol. The molecule has 1 atom stereocenters. The van der Waals surface area contributed by atoms with Crippen LogP contribution < -0.4 is 5.32 Å². The molecule has 0 saturated carbocycles. The van der Waals surface area contributed by atoms with Crippen molar-refractivity contribution in [3.05, 3.63) is 0 Å². The molecular weight excluding hydrogens is 304 g/mol. The normalized spacial score (nSPS) is 22.8. The van der Waals surface area contributed by atoms with Gasteiger partial charge in [0.2, 0.25) is 11.8 Å². The van der Waals surface area contributed by atoms with Crippen molar-refractivity contribution in [1.82, 2.24) is 20.0 Å². The summed E-state index contributed by atoms with van der Waals surface area (Å²) in [6.45, 7) is 10.8. The highest BCUT2D eigenvalue weighted by Crippen LogP contribution is 2.13. The molecule has 2 rings (SSSR count). The molecule has 2 saturated heterocycles. The van der Waals surface area contributed by atoms with Crippen LogP contribution in [0.5, 0.6) is 0 Å². The highest BCUT2D eigenvalue weighted by atomic mass is 16.2. The van der Waals surface area contributed by atoms with Crippen molar-refractivity contribution < 1.29 is 9.59 Å². The maximum absolute atomic E-state index is 12.5. The van der Waals surface area contributed by atoms with Crippen molar-refractivity contribution in [2.45, 2.75) is 45.6 Å². The van der Waals surface area contributed by atoms with Gasteiger partial charge in [-0.1, -0.05) is 13.8 Å². The molecule has 0 spiro atoms. The van der Waals surface area contributed by atoms with Crippen molar-refractivity contribution in [3.63, 3.8) is 0 Å². The van der Waals surface area contributed by atoms with Crippen LogP contribution in [0, 0.1) is 5.92 Å². The van der Waals surface area contributed by atoms with Crippen molar-refractivity contribution in [1.29, 1.82) is 0 Å². The van der Waals surface area contributed by atoms with Crippen molar-refractivity contribution >= 4 is 11.8 Å². The number of nitrogens with one attached hydrogen (secondary N) is 1. The van der Waals surface area contributed by atoms with Gasteiger partial charge < -0.3 is 15.1 Å². The number of carbonyl (C=O) groups is 2. The Balaban J connectivity index is 1.82. The molecule has 6 nitrogen and oxygen atoms in total. The molecule has 0 radical (unpaired) electrons. The molecule has 0 aliphatic carbocycles. The molecule has 0 aromatic heterocycles. The standard InChI is InChI=1S/C18H34N4O2/c1-15(2)6-10-22-11-7-19-18(24)16(22)14-17(23)20(3)12-13-21-8-4-5-9-21/h15-16H,4-14H2,1-3H3,(H,19,24). The lowest BCUT2D eigenvalue weighted by molar-refractivity contribution is -0.138. The fraction of sp³-hybridized carbons (Fsp3) is 0.889. The first-order chi connectivity index (χ1) is 11.5. The van der Waals surface area contributed by atoms with E-state index in [1.165, 1.54) is 12.8 Å². The molecule has 1 unspecified atom stereocenters. The summed E-state index contributed by atoms with van der Waals surface area (Å²) < 4.78 is 0. The molecule has 2 heterocycles. The first-order valence-corrected chi connectivity index (χ1v) is 9.45. The Labute approximate surface area is 146 Å². The van der Waals surface area contributed by atoms with Gasteiger partial charge in [-0.15, -0.1) is 0 Å². The molecule has 2 fully saturated rings. The lowest BCUT2D eigenvalue weighted by Crippen LogP contribution is -2.56. The zero-order valence-electron chi connectivity index (χ0n) is 15.6. The van der Waals surface area contributed by atoms with Gasteiger partial charge in [0.15, 0.2) is 0 Å². The molecule has 1 N–H and O–H groups in total. The zero-order valence-corrected chi connectivity index (χ0v) is 15.6. The fourth-order valence-corrected chi connectivity index (χ4v) is 3.42. The Morgan fingerprint density at radius 2 is 1.96 bits per heavy atom. The van der Waals surface area contributed by atoms with Crippen molar-refractivity contribution in [2.24, 2.45) is 5.92 Å². The molecule has 2 aliphatic rings. The van der Waals surface area contributed by atoms with Crippen LogP contribution in [0.15, 0.2) is 0 Å². The van der Waals surface area contributed by atoms with Crippen molar-refractivity contribution in [2.75, 3.05) is 52.9 Å². The number of amides is 2. The number of hydrogen-bond donors (Lipinski definition) is 1. The van der Waals surface area contributed by atoms with E-state index in [1.807, 2.05) is 7.05 Å². The van der Waals surface area contributed by atoms with Crippen LogP contribution in [0.3, 0.4) is 0 Å². The minimum atomic E-state index is -0.306. The third-order valence-electron chi connectivity index (χ3n) is 5.18. The Kier molecular flexibility index (Phi) is 7.49. The highest BCUT2D eigenvalue weighted by molar-refractivity contribution is 5.88. The molecular formula is C18H34N4O2. The van der Waals surface area contributed by atoms with Gasteiger partial charge in [0.25, 0.3) is 0 Å². The van der Waals surface area contributed by atoms with Crippen molar-refractivity contribution in [3.8, 4) is 0 Å². The van der Waals surface area contributed by atoms with Crippen LogP contribution in [0.1, 0.15) is 39.5 Å². The van der Waals surface area contributed by atoms with E-state index in [0.29, 0.717) is 18.9 Å². The molecule has 0 aromatic carbocycles. The van der Waals surface area contributed by atoms with Gasteiger partial charge in [0, 0.05) is 33.2 Å². The van der Waals surface area contributed by atoms with Crippen LogP contribution in [0.4, 0.5) is 0 Å². The van der Waals surface area contributed by atoms with Gasteiger partial charge in [0.05, 0.1) is 12.5 Å². The summed E-state index contributed by atoms with van der Waals surface area (Å²) >= 11 is 0. The number of hydrogen-bond acceptors (Lipinski definition) is 4. The quantitative estimate of drug-likeness (QED) is 0.710. The smallest absolute Gasteiger partial charge is 0.237 e. The van der Waals surface area contributed by atoms with E-state index in [2.05, 4.69) is 29.0 Å². The predicted octanol–water partition coefficient (Wildman–Crippen LogP) is 0.777. The lowest BCUT2D eigenvalue weighted by atomic mass is 10.1. The maximum atomic E-state index is 12.5. The van der Waals surface area contributed by atoms with Gasteiger partial charge in [0.1, 0.15) is 0 Å². The lowest BCUT2D eigenvalue weighted by Gasteiger charge is -2.35. The molecule has 138 valence electrons. The van der Waals surface area contributed by atoms with E-state index in [-0.39, 0.29) is 17.9 Å². The van der Waals surface area contributed by atoms with Gasteiger partial charge in [-0.25, -0.2) is 0 Å². The SMILES string of the molecule is CC(C)CCN1CCNC(=O)C1CC(=O)N(C)CCN1CCCC1. The van der Waals surface area contributed by atoms with Gasteiger partial charge in [-0.05, 0) is 44.8 Å². The first kappa shape index (κ1) is 19.2. The van der Waals surface area contributed by atoms with E-state index in [4.69, 9.17) is 0 Å². The number of likely N-dealkylation sites (tertiary alicyclic amines) is 1. The van der Waals surface area contributed by atoms with Gasteiger partial charge in [-0.2, -0.15) is 0 Å². The van der Waals surface area contributed by atoms with Crippen LogP contribution >= 0.6 is 0 Å². The van der Waals surface area contributed by atoms with E-state index in [9.17, 15) is 9.59 Å². The Hall–Kier alpha value is -1.14. The average molecular weight is 338 g/mol. The summed E-state index contributed by atoms with van der Waals surface area (Å²) in [4.78, 5) is 31.2. The second kappa shape index (κ2) is 9.37. The maximum Gasteiger partial charge on any atom is 0.237 e. The van der Waals surface area contributed by atoms with Gasteiger partial charge in [-0.3, -0.25) is 14.5 Å². The number of nitrogens with zero attached hydrogens (tertiary/aromatic N) is 3. The largest absolute Gasteiger partial charge is 0.353 e. The summed E-state index contributed by atoms with van der Waals surface area (Å²) in [5, 5.41) is 2.91. The van der Waals surface area contributed by atoms with E-state index >= 15 is 0 Å². The number of carbonyl (C=O) groups excluding carboxylic acids is 2. The second-order valence-electron chi connectivity index (χ2n) is 7.59. The average Bonchev–Trinajstić information content (AvgIpc) is 3.06. The Morgan fingerprint density at radius 1 is 1.25 bits per heavy atom. The van der Waals surface area contributed by atoms with Gasteiger partial charge >= 0.3 is 0 Å². The Bertz CT molecular complexity index is 421. The van der Waals surface area contributed by atoms with E-state index in [0.717, 1.165) is 45.7 Å². The van der Waals surface area contributed by atoms with Crippen LogP contribution in [0.2, 0.25) is 0 Å². The molecule has 2 aliphatic heterocycles. The third kappa shape index (κ3) is 5.74. The van der Waals surface area contributed by atoms with Crippen LogP contribution in [0.25, 0.3) is 0 Å². The molecule has 0 aromatic rings. The summed E-state index contributed by atoms with van der Waals surface area (Å²) in [5.74, 6) is 0.687.